The number of amides is 1. The molecule has 7 nitrogen and oxygen atoms in total. The number of imidazole rings is 1. The predicted octanol–water partition coefficient (Wildman–Crippen LogP) is 4.16. The first-order valence-electron chi connectivity index (χ1n) is 12.7. The van der Waals surface area contributed by atoms with E-state index in [-0.39, 0.29) is 11.4 Å². The number of hydrogen-bond acceptors (Lipinski definition) is 5. The first kappa shape index (κ1) is 20.4. The third-order valence-electron chi connectivity index (χ3n) is 8.57. The first-order chi connectivity index (χ1) is 16.6. The van der Waals surface area contributed by atoms with Crippen LogP contribution in [0.25, 0.3) is 22.6 Å². The SMILES string of the molecule is O=C(NC12CC3CC(CC(C3)C1)C2)c1ccnc2nc(-c3ccc(N4CCOCC4)cc3)[nH]c12. The summed E-state index contributed by atoms with van der Waals surface area (Å²) in [5, 5.41) is 3.50. The summed E-state index contributed by atoms with van der Waals surface area (Å²) in [5.74, 6) is 3.13. The molecule has 8 rings (SSSR count). The Bertz CT molecular complexity index is 1190. The Labute approximate surface area is 199 Å². The Morgan fingerprint density at radius 1 is 1.00 bits per heavy atom. The van der Waals surface area contributed by atoms with E-state index in [9.17, 15) is 4.79 Å². The number of nitrogens with zero attached hydrogens (tertiary/aromatic N) is 3. The van der Waals surface area contributed by atoms with E-state index in [1.54, 1.807) is 6.20 Å². The molecule has 4 aliphatic carbocycles. The van der Waals surface area contributed by atoms with Gasteiger partial charge in [0.25, 0.3) is 5.91 Å². The maximum absolute atomic E-state index is 13.5. The molecule has 5 aliphatic rings. The molecule has 0 spiro atoms. The second-order valence-electron chi connectivity index (χ2n) is 10.9. The summed E-state index contributed by atoms with van der Waals surface area (Å²) in [6.45, 7) is 3.36. The molecule has 5 fully saturated rings. The maximum Gasteiger partial charge on any atom is 0.254 e. The molecule has 3 heterocycles. The molecule has 4 saturated carbocycles. The van der Waals surface area contributed by atoms with E-state index < -0.39 is 0 Å². The number of nitrogens with one attached hydrogen (secondary N) is 2. The largest absolute Gasteiger partial charge is 0.378 e. The molecule has 2 N–H and O–H groups in total. The lowest BCUT2D eigenvalue weighted by molar-refractivity contribution is -0.0166. The molecule has 0 unspecified atom stereocenters. The number of benzene rings is 1. The zero-order valence-electron chi connectivity index (χ0n) is 19.4. The molecule has 34 heavy (non-hydrogen) atoms. The number of aromatic nitrogens is 3. The van der Waals surface area contributed by atoms with Crippen molar-refractivity contribution in [3.8, 4) is 11.4 Å². The highest BCUT2D eigenvalue weighted by Crippen LogP contribution is 2.55. The number of rotatable bonds is 4. The van der Waals surface area contributed by atoms with Crippen LogP contribution in [0, 0.1) is 17.8 Å². The predicted molar refractivity (Wildman–Crippen MR) is 131 cm³/mol. The van der Waals surface area contributed by atoms with Crippen LogP contribution in [-0.4, -0.2) is 52.7 Å². The molecule has 3 aromatic rings. The van der Waals surface area contributed by atoms with Crippen LogP contribution < -0.4 is 10.2 Å². The van der Waals surface area contributed by atoms with Crippen LogP contribution in [0.3, 0.4) is 0 Å². The van der Waals surface area contributed by atoms with E-state index in [0.29, 0.717) is 11.2 Å². The first-order valence-corrected chi connectivity index (χ1v) is 12.7. The summed E-state index contributed by atoms with van der Waals surface area (Å²) in [6.07, 6.45) is 9.21. The molecule has 176 valence electrons. The maximum atomic E-state index is 13.5. The Morgan fingerprint density at radius 3 is 2.35 bits per heavy atom. The minimum atomic E-state index is -0.0143. The number of fused-ring (bicyclic) bond motifs is 1. The van der Waals surface area contributed by atoms with Crippen molar-refractivity contribution in [2.45, 2.75) is 44.1 Å². The third kappa shape index (κ3) is 3.49. The highest BCUT2D eigenvalue weighted by Gasteiger charge is 2.51. The second kappa shape index (κ2) is 7.80. The van der Waals surface area contributed by atoms with Crippen LogP contribution in [0.2, 0.25) is 0 Å². The molecule has 1 aromatic carbocycles. The van der Waals surface area contributed by atoms with Crippen LogP contribution in [0.1, 0.15) is 48.9 Å². The van der Waals surface area contributed by atoms with E-state index in [4.69, 9.17) is 9.72 Å². The minimum absolute atomic E-state index is 0.00668. The summed E-state index contributed by atoms with van der Waals surface area (Å²) in [7, 11) is 0. The number of anilines is 1. The van der Waals surface area contributed by atoms with Gasteiger partial charge in [-0.05, 0) is 86.6 Å². The van der Waals surface area contributed by atoms with Crippen molar-refractivity contribution in [2.75, 3.05) is 31.2 Å². The van der Waals surface area contributed by atoms with Gasteiger partial charge < -0.3 is 19.9 Å². The standard InChI is InChI=1S/C27H31N5O2/c33-26(31-27-14-17-11-18(15-27)13-19(12-17)16-27)22-5-6-28-25-23(22)29-24(30-25)20-1-3-21(4-2-20)32-7-9-34-10-8-32/h1-6,17-19H,7-16H2,(H,31,33)(H,28,29,30). The number of aromatic amines is 1. The summed E-state index contributed by atoms with van der Waals surface area (Å²) in [6, 6.07) is 10.2. The van der Waals surface area contributed by atoms with Gasteiger partial charge in [0.1, 0.15) is 5.82 Å². The number of pyridine rings is 1. The smallest absolute Gasteiger partial charge is 0.254 e. The van der Waals surface area contributed by atoms with Gasteiger partial charge in [0.15, 0.2) is 5.65 Å². The van der Waals surface area contributed by atoms with Gasteiger partial charge in [0.2, 0.25) is 0 Å². The Morgan fingerprint density at radius 2 is 1.68 bits per heavy atom. The van der Waals surface area contributed by atoms with Crippen LogP contribution in [0.15, 0.2) is 36.5 Å². The minimum Gasteiger partial charge on any atom is -0.378 e. The van der Waals surface area contributed by atoms with Gasteiger partial charge in [-0.3, -0.25) is 4.79 Å². The molecular weight excluding hydrogens is 426 g/mol. The van der Waals surface area contributed by atoms with Crippen molar-refractivity contribution >= 4 is 22.8 Å². The summed E-state index contributed by atoms with van der Waals surface area (Å²) >= 11 is 0. The number of carbonyl (C=O) groups is 1. The molecular formula is C27H31N5O2. The topological polar surface area (TPSA) is 83.1 Å². The highest BCUT2D eigenvalue weighted by molar-refractivity contribution is 6.04. The monoisotopic (exact) mass is 457 g/mol. The van der Waals surface area contributed by atoms with E-state index >= 15 is 0 Å². The van der Waals surface area contributed by atoms with Gasteiger partial charge in [-0.25, -0.2) is 9.97 Å². The van der Waals surface area contributed by atoms with Crippen LogP contribution >= 0.6 is 0 Å². The molecule has 1 aliphatic heterocycles. The molecule has 0 radical (unpaired) electrons. The average Bonchev–Trinajstić information content (AvgIpc) is 3.28. The lowest BCUT2D eigenvalue weighted by atomic mass is 9.53. The van der Waals surface area contributed by atoms with Crippen LogP contribution in [-0.2, 0) is 4.74 Å². The third-order valence-corrected chi connectivity index (χ3v) is 8.57. The molecule has 1 amide bonds. The van der Waals surface area contributed by atoms with Gasteiger partial charge in [0.05, 0.1) is 24.3 Å². The summed E-state index contributed by atoms with van der Waals surface area (Å²) < 4.78 is 5.46. The quantitative estimate of drug-likeness (QED) is 0.615. The molecule has 4 bridgehead atoms. The Kier molecular flexibility index (Phi) is 4.69. The zero-order chi connectivity index (χ0) is 22.7. The summed E-state index contributed by atoms with van der Waals surface area (Å²) in [5.41, 5.74) is 4.12. The van der Waals surface area contributed by atoms with E-state index in [0.717, 1.165) is 80.2 Å². The normalized spacial score (nSPS) is 30.1. The van der Waals surface area contributed by atoms with Crippen molar-refractivity contribution < 1.29 is 9.53 Å². The Balaban J connectivity index is 1.15. The van der Waals surface area contributed by atoms with E-state index in [2.05, 4.69) is 44.5 Å². The van der Waals surface area contributed by atoms with Crippen LogP contribution in [0.5, 0.6) is 0 Å². The number of morpholine rings is 1. The molecule has 1 saturated heterocycles. The number of ether oxygens (including phenoxy) is 1. The van der Waals surface area contributed by atoms with E-state index in [1.165, 1.54) is 24.9 Å². The lowest BCUT2D eigenvalue weighted by Crippen LogP contribution is -2.59. The Hall–Kier alpha value is -2.93. The van der Waals surface area contributed by atoms with Crippen molar-refractivity contribution in [3.63, 3.8) is 0 Å². The lowest BCUT2D eigenvalue weighted by Gasteiger charge is -2.56. The average molecular weight is 458 g/mol. The molecule has 7 heteroatoms. The van der Waals surface area contributed by atoms with Gasteiger partial charge in [-0.15, -0.1) is 0 Å². The second-order valence-corrected chi connectivity index (χ2v) is 10.9. The highest BCUT2D eigenvalue weighted by atomic mass is 16.5. The van der Waals surface area contributed by atoms with Crippen molar-refractivity contribution in [1.29, 1.82) is 0 Å². The van der Waals surface area contributed by atoms with Crippen molar-refractivity contribution in [1.82, 2.24) is 20.3 Å². The van der Waals surface area contributed by atoms with Crippen molar-refractivity contribution in [2.24, 2.45) is 17.8 Å². The zero-order valence-corrected chi connectivity index (χ0v) is 19.4. The summed E-state index contributed by atoms with van der Waals surface area (Å²) in [4.78, 5) is 28.4. The van der Waals surface area contributed by atoms with Crippen molar-refractivity contribution in [3.05, 3.63) is 42.1 Å². The molecule has 2 aromatic heterocycles. The fraction of sp³-hybridized carbons (Fsp3) is 0.519. The van der Waals surface area contributed by atoms with Gasteiger partial charge in [0, 0.05) is 36.1 Å². The van der Waals surface area contributed by atoms with Gasteiger partial charge >= 0.3 is 0 Å². The number of H-pyrrole nitrogens is 1. The van der Waals surface area contributed by atoms with Crippen LogP contribution in [0.4, 0.5) is 5.69 Å². The van der Waals surface area contributed by atoms with Gasteiger partial charge in [-0.2, -0.15) is 0 Å². The fourth-order valence-electron chi connectivity index (χ4n) is 7.46. The van der Waals surface area contributed by atoms with E-state index in [1.807, 2.05) is 6.07 Å². The molecule has 0 atom stereocenters. The number of carbonyl (C=O) groups excluding carboxylic acids is 1. The number of hydrogen-bond donors (Lipinski definition) is 2. The fourth-order valence-corrected chi connectivity index (χ4v) is 7.46. The van der Waals surface area contributed by atoms with Gasteiger partial charge in [-0.1, -0.05) is 0 Å².